The summed E-state index contributed by atoms with van der Waals surface area (Å²) in [6.45, 7) is 4.29. The lowest BCUT2D eigenvalue weighted by molar-refractivity contribution is 0.241. The van der Waals surface area contributed by atoms with Crippen LogP contribution in [0.25, 0.3) is 11.6 Å². The van der Waals surface area contributed by atoms with Crippen molar-refractivity contribution in [2.45, 2.75) is 26.4 Å². The summed E-state index contributed by atoms with van der Waals surface area (Å²) in [4.78, 5) is 26.4. The lowest BCUT2D eigenvalue weighted by Gasteiger charge is -2.27. The highest BCUT2D eigenvalue weighted by molar-refractivity contribution is 5.47. The van der Waals surface area contributed by atoms with Crippen LogP contribution >= 0.6 is 0 Å². The number of aromatic nitrogens is 3. The Morgan fingerprint density at radius 3 is 3.08 bits per heavy atom. The molecule has 1 aliphatic rings. The molecule has 0 atom stereocenters. The van der Waals surface area contributed by atoms with Gasteiger partial charge in [0, 0.05) is 38.4 Å². The van der Waals surface area contributed by atoms with Gasteiger partial charge in [0.25, 0.3) is 5.56 Å². The number of hydrogen-bond acceptors (Lipinski definition) is 5. The molecule has 0 spiro atoms. The molecule has 0 radical (unpaired) electrons. The van der Waals surface area contributed by atoms with E-state index in [2.05, 4.69) is 25.9 Å². The van der Waals surface area contributed by atoms with Crippen LogP contribution < -0.4 is 5.56 Å². The van der Waals surface area contributed by atoms with Gasteiger partial charge in [-0.1, -0.05) is 6.07 Å². The van der Waals surface area contributed by atoms with Crippen molar-refractivity contribution >= 4 is 0 Å². The fourth-order valence-electron chi connectivity index (χ4n) is 3.11. The summed E-state index contributed by atoms with van der Waals surface area (Å²) in [6, 6.07) is 5.71. The van der Waals surface area contributed by atoms with Crippen LogP contribution in [0.4, 0.5) is 0 Å². The van der Waals surface area contributed by atoms with Crippen molar-refractivity contribution in [2.24, 2.45) is 0 Å². The Labute approximate surface area is 139 Å². The second-order valence-electron chi connectivity index (χ2n) is 6.15. The molecule has 0 aliphatic carbocycles. The first kappa shape index (κ1) is 14.8. The van der Waals surface area contributed by atoms with E-state index >= 15 is 0 Å². The topological polar surface area (TPSA) is 75.0 Å². The molecule has 1 aliphatic heterocycles. The Morgan fingerprint density at radius 1 is 1.38 bits per heavy atom. The standard InChI is InChI=1S/C18H18N4O2/c1-12-7-13(9-19-8-12)10-22-5-4-15-14(11-22)18(23)21-17(20-15)16-3-2-6-24-16/h2-3,6-9H,4-5,10-11H2,1H3,(H,20,21,23). The molecule has 24 heavy (non-hydrogen) atoms. The SMILES string of the molecule is Cc1cncc(CN2CCc3nc(-c4ccco4)[nH]c(=O)c3C2)c1. The van der Waals surface area contributed by atoms with Gasteiger partial charge in [-0.2, -0.15) is 0 Å². The largest absolute Gasteiger partial charge is 0.461 e. The summed E-state index contributed by atoms with van der Waals surface area (Å²) in [5.41, 5.74) is 3.84. The van der Waals surface area contributed by atoms with Crippen molar-refractivity contribution in [1.29, 1.82) is 0 Å². The van der Waals surface area contributed by atoms with E-state index in [1.54, 1.807) is 18.4 Å². The highest BCUT2D eigenvalue weighted by Gasteiger charge is 2.22. The van der Waals surface area contributed by atoms with E-state index in [0.717, 1.165) is 41.9 Å². The number of nitrogens with zero attached hydrogens (tertiary/aromatic N) is 3. The van der Waals surface area contributed by atoms with Crippen LogP contribution in [0.15, 0.2) is 46.1 Å². The van der Waals surface area contributed by atoms with Gasteiger partial charge in [0.2, 0.25) is 0 Å². The van der Waals surface area contributed by atoms with E-state index in [4.69, 9.17) is 4.42 Å². The van der Waals surface area contributed by atoms with Gasteiger partial charge in [-0.15, -0.1) is 0 Å². The molecular weight excluding hydrogens is 304 g/mol. The van der Waals surface area contributed by atoms with Crippen LogP contribution in [0.2, 0.25) is 0 Å². The predicted molar refractivity (Wildman–Crippen MR) is 89.4 cm³/mol. The van der Waals surface area contributed by atoms with E-state index in [0.29, 0.717) is 18.1 Å². The molecule has 6 heteroatoms. The van der Waals surface area contributed by atoms with Gasteiger partial charge >= 0.3 is 0 Å². The molecule has 122 valence electrons. The molecule has 4 rings (SSSR count). The number of fused-ring (bicyclic) bond motifs is 1. The van der Waals surface area contributed by atoms with Gasteiger partial charge < -0.3 is 9.40 Å². The normalized spacial score (nSPS) is 14.5. The molecule has 0 aromatic carbocycles. The van der Waals surface area contributed by atoms with Gasteiger partial charge in [0.15, 0.2) is 11.6 Å². The molecule has 1 N–H and O–H groups in total. The first-order chi connectivity index (χ1) is 11.7. The van der Waals surface area contributed by atoms with Crippen LogP contribution in [0.5, 0.6) is 0 Å². The molecule has 0 bridgehead atoms. The first-order valence-corrected chi connectivity index (χ1v) is 7.98. The minimum absolute atomic E-state index is 0.0848. The van der Waals surface area contributed by atoms with Crippen molar-refractivity contribution in [1.82, 2.24) is 19.9 Å². The van der Waals surface area contributed by atoms with Gasteiger partial charge in [-0.3, -0.25) is 14.7 Å². The second-order valence-corrected chi connectivity index (χ2v) is 6.15. The van der Waals surface area contributed by atoms with E-state index in [9.17, 15) is 4.79 Å². The monoisotopic (exact) mass is 322 g/mol. The van der Waals surface area contributed by atoms with Crippen LogP contribution in [-0.4, -0.2) is 26.4 Å². The fraction of sp³-hybridized carbons (Fsp3) is 0.278. The van der Waals surface area contributed by atoms with Crippen LogP contribution in [-0.2, 0) is 19.5 Å². The minimum Gasteiger partial charge on any atom is -0.461 e. The number of nitrogens with one attached hydrogen (secondary N) is 1. The summed E-state index contributed by atoms with van der Waals surface area (Å²) in [5.74, 6) is 1.09. The molecule has 0 unspecified atom stereocenters. The number of furan rings is 1. The lowest BCUT2D eigenvalue weighted by Crippen LogP contribution is -2.35. The number of aromatic amines is 1. The summed E-state index contributed by atoms with van der Waals surface area (Å²) in [7, 11) is 0. The summed E-state index contributed by atoms with van der Waals surface area (Å²) >= 11 is 0. The van der Waals surface area contributed by atoms with Crippen LogP contribution in [0, 0.1) is 6.92 Å². The predicted octanol–water partition coefficient (Wildman–Crippen LogP) is 2.29. The average Bonchev–Trinajstić information content (AvgIpc) is 3.10. The van der Waals surface area contributed by atoms with Crippen molar-refractivity contribution in [2.75, 3.05) is 6.54 Å². The summed E-state index contributed by atoms with van der Waals surface area (Å²) < 4.78 is 5.33. The molecule has 0 amide bonds. The maximum Gasteiger partial charge on any atom is 0.256 e. The van der Waals surface area contributed by atoms with Crippen molar-refractivity contribution in [3.05, 3.63) is 69.6 Å². The number of H-pyrrole nitrogens is 1. The summed E-state index contributed by atoms with van der Waals surface area (Å²) in [6.07, 6.45) is 6.06. The Morgan fingerprint density at radius 2 is 2.29 bits per heavy atom. The minimum atomic E-state index is -0.0848. The second kappa shape index (κ2) is 6.05. The van der Waals surface area contributed by atoms with E-state index in [-0.39, 0.29) is 5.56 Å². The zero-order chi connectivity index (χ0) is 16.5. The van der Waals surface area contributed by atoms with Crippen molar-refractivity contribution in [3.63, 3.8) is 0 Å². The Bertz CT molecular complexity index is 915. The third kappa shape index (κ3) is 2.88. The van der Waals surface area contributed by atoms with Crippen molar-refractivity contribution in [3.8, 4) is 11.6 Å². The molecule has 0 fully saturated rings. The number of rotatable bonds is 3. The van der Waals surface area contributed by atoms with Gasteiger partial charge in [-0.05, 0) is 30.2 Å². The molecule has 0 saturated carbocycles. The zero-order valence-corrected chi connectivity index (χ0v) is 13.5. The highest BCUT2D eigenvalue weighted by Crippen LogP contribution is 2.20. The maximum absolute atomic E-state index is 12.5. The Kier molecular flexibility index (Phi) is 3.74. The van der Waals surface area contributed by atoms with Gasteiger partial charge in [0.1, 0.15) is 0 Å². The van der Waals surface area contributed by atoms with E-state index in [1.807, 2.05) is 19.3 Å². The average molecular weight is 322 g/mol. The Hall–Kier alpha value is -2.73. The first-order valence-electron chi connectivity index (χ1n) is 7.98. The molecule has 6 nitrogen and oxygen atoms in total. The fourth-order valence-corrected chi connectivity index (χ4v) is 3.11. The highest BCUT2D eigenvalue weighted by atomic mass is 16.3. The molecule has 0 saturated heterocycles. The number of aryl methyl sites for hydroxylation is 1. The molecular formula is C18H18N4O2. The third-order valence-electron chi connectivity index (χ3n) is 4.24. The smallest absolute Gasteiger partial charge is 0.256 e. The molecule has 3 aromatic rings. The van der Waals surface area contributed by atoms with Crippen LogP contribution in [0.3, 0.4) is 0 Å². The Balaban J connectivity index is 1.58. The van der Waals surface area contributed by atoms with E-state index in [1.165, 1.54) is 0 Å². The third-order valence-corrected chi connectivity index (χ3v) is 4.24. The zero-order valence-electron chi connectivity index (χ0n) is 13.5. The number of pyridine rings is 1. The molecule has 3 aromatic heterocycles. The van der Waals surface area contributed by atoms with Gasteiger partial charge in [0.05, 0.1) is 17.5 Å². The van der Waals surface area contributed by atoms with E-state index < -0.39 is 0 Å². The quantitative estimate of drug-likeness (QED) is 0.801. The molecule has 4 heterocycles. The number of hydrogen-bond donors (Lipinski definition) is 1. The van der Waals surface area contributed by atoms with Gasteiger partial charge in [-0.25, -0.2) is 4.98 Å². The lowest BCUT2D eigenvalue weighted by atomic mass is 10.1. The van der Waals surface area contributed by atoms with Crippen LogP contribution in [0.1, 0.15) is 22.4 Å². The maximum atomic E-state index is 12.5. The van der Waals surface area contributed by atoms with Crippen molar-refractivity contribution < 1.29 is 4.42 Å². The summed E-state index contributed by atoms with van der Waals surface area (Å²) in [5, 5.41) is 0.